The van der Waals surface area contributed by atoms with Gasteiger partial charge in [-0.05, 0) is 24.5 Å². The lowest BCUT2D eigenvalue weighted by molar-refractivity contribution is -0.129. The molecule has 1 saturated heterocycles. The average Bonchev–Trinajstić information content (AvgIpc) is 2.90. The minimum atomic E-state index is -0.310. The van der Waals surface area contributed by atoms with Gasteiger partial charge in [0.15, 0.2) is 5.58 Å². The summed E-state index contributed by atoms with van der Waals surface area (Å²) in [6.07, 6.45) is 3.40. The molecule has 1 fully saturated rings. The Morgan fingerprint density at radius 2 is 2.29 bits per heavy atom. The number of carbonyl (C=O) groups excluding carboxylic acids is 1. The number of benzene rings is 1. The molecule has 1 amide bonds. The summed E-state index contributed by atoms with van der Waals surface area (Å²) in [5.41, 5.74) is 1.48. The first-order valence-electron chi connectivity index (χ1n) is 7.14. The van der Waals surface area contributed by atoms with Crippen LogP contribution in [-0.2, 0) is 4.79 Å². The van der Waals surface area contributed by atoms with Crippen LogP contribution in [0.2, 0.25) is 0 Å². The topological polar surface area (TPSA) is 66.6 Å². The highest BCUT2D eigenvalue weighted by Crippen LogP contribution is 2.18. The van der Waals surface area contributed by atoms with Gasteiger partial charge in [0.25, 0.3) is 0 Å². The fraction of sp³-hybridized carbons (Fsp3) is 0.375. The number of aromatic nitrogens is 1. The molecule has 0 saturated carbocycles. The number of aliphatic hydroxyl groups is 1. The van der Waals surface area contributed by atoms with Gasteiger partial charge >= 0.3 is 0 Å². The van der Waals surface area contributed by atoms with Gasteiger partial charge in [-0.2, -0.15) is 0 Å². The predicted octanol–water partition coefficient (Wildman–Crippen LogP) is 2.07. The van der Waals surface area contributed by atoms with Gasteiger partial charge in [0.05, 0.1) is 6.10 Å². The van der Waals surface area contributed by atoms with Crippen LogP contribution in [0.25, 0.3) is 17.2 Å². The molecule has 1 aliphatic rings. The molecule has 2 heterocycles. The quantitative estimate of drug-likeness (QED) is 0.858. The number of likely N-dealkylation sites (tertiary alicyclic amines) is 1. The first kappa shape index (κ1) is 13.8. The van der Waals surface area contributed by atoms with E-state index in [1.165, 1.54) is 6.08 Å². The highest BCUT2D eigenvalue weighted by molar-refractivity contribution is 5.91. The van der Waals surface area contributed by atoms with Crippen LogP contribution >= 0.6 is 0 Å². The van der Waals surface area contributed by atoms with Crippen molar-refractivity contribution in [3.05, 3.63) is 36.2 Å². The summed E-state index contributed by atoms with van der Waals surface area (Å²) in [4.78, 5) is 18.2. The molecule has 2 aromatic rings. The zero-order valence-electron chi connectivity index (χ0n) is 11.9. The van der Waals surface area contributed by atoms with E-state index in [2.05, 4.69) is 4.98 Å². The third-order valence-corrected chi connectivity index (χ3v) is 3.85. The molecule has 3 rings (SSSR count). The Balaban J connectivity index is 1.69. The van der Waals surface area contributed by atoms with Gasteiger partial charge in [0.2, 0.25) is 11.8 Å². The van der Waals surface area contributed by atoms with Crippen LogP contribution in [0, 0.1) is 5.92 Å². The van der Waals surface area contributed by atoms with E-state index in [0.29, 0.717) is 31.0 Å². The van der Waals surface area contributed by atoms with Gasteiger partial charge < -0.3 is 14.4 Å². The van der Waals surface area contributed by atoms with Gasteiger partial charge in [-0.3, -0.25) is 4.79 Å². The van der Waals surface area contributed by atoms with E-state index in [9.17, 15) is 9.90 Å². The lowest BCUT2D eigenvalue weighted by Crippen LogP contribution is -2.44. The second kappa shape index (κ2) is 5.69. The van der Waals surface area contributed by atoms with Crippen molar-refractivity contribution < 1.29 is 14.3 Å². The molecule has 1 N–H and O–H groups in total. The van der Waals surface area contributed by atoms with Crippen LogP contribution < -0.4 is 0 Å². The molecule has 5 nitrogen and oxygen atoms in total. The van der Waals surface area contributed by atoms with Crippen LogP contribution in [0.4, 0.5) is 0 Å². The minimum absolute atomic E-state index is 0.0731. The van der Waals surface area contributed by atoms with Gasteiger partial charge in [-0.25, -0.2) is 4.98 Å². The average molecular weight is 286 g/mol. The SMILES string of the molecule is CC1CN(C(=O)/C=C/c2nc3ccccc3o2)CCC1O. The number of carbonyl (C=O) groups is 1. The molecule has 1 aromatic carbocycles. The van der Waals surface area contributed by atoms with E-state index in [0.717, 1.165) is 5.52 Å². The van der Waals surface area contributed by atoms with Crippen molar-refractivity contribution in [2.24, 2.45) is 5.92 Å². The third kappa shape index (κ3) is 2.97. The number of rotatable bonds is 2. The number of piperidine rings is 1. The molecule has 0 spiro atoms. The summed E-state index contributed by atoms with van der Waals surface area (Å²) >= 11 is 0. The zero-order valence-corrected chi connectivity index (χ0v) is 11.9. The van der Waals surface area contributed by atoms with Crippen LogP contribution in [0.5, 0.6) is 0 Å². The number of nitrogens with zero attached hydrogens (tertiary/aromatic N) is 2. The molecule has 2 unspecified atom stereocenters. The third-order valence-electron chi connectivity index (χ3n) is 3.85. The number of para-hydroxylation sites is 2. The van der Waals surface area contributed by atoms with Crippen LogP contribution in [0.1, 0.15) is 19.2 Å². The summed E-state index contributed by atoms with van der Waals surface area (Å²) in [5, 5.41) is 9.68. The normalized spacial score (nSPS) is 23.0. The number of fused-ring (bicyclic) bond motifs is 1. The van der Waals surface area contributed by atoms with E-state index >= 15 is 0 Å². The molecule has 21 heavy (non-hydrogen) atoms. The lowest BCUT2D eigenvalue weighted by atomic mass is 9.97. The molecule has 110 valence electrons. The molecule has 0 radical (unpaired) electrons. The molecule has 1 aromatic heterocycles. The largest absolute Gasteiger partial charge is 0.437 e. The summed E-state index contributed by atoms with van der Waals surface area (Å²) in [7, 11) is 0. The maximum absolute atomic E-state index is 12.1. The molecule has 0 aliphatic carbocycles. The summed E-state index contributed by atoms with van der Waals surface area (Å²) in [6, 6.07) is 7.48. The molecular weight excluding hydrogens is 268 g/mol. The zero-order chi connectivity index (χ0) is 14.8. The summed E-state index contributed by atoms with van der Waals surface area (Å²) in [5.74, 6) is 0.464. The highest BCUT2D eigenvalue weighted by atomic mass is 16.3. The minimum Gasteiger partial charge on any atom is -0.437 e. The van der Waals surface area contributed by atoms with Crippen LogP contribution in [-0.4, -0.2) is 40.1 Å². The fourth-order valence-electron chi connectivity index (χ4n) is 2.54. The van der Waals surface area contributed by atoms with Crippen molar-refractivity contribution >= 4 is 23.1 Å². The van der Waals surface area contributed by atoms with E-state index < -0.39 is 0 Å². The van der Waals surface area contributed by atoms with Crippen molar-refractivity contribution in [3.8, 4) is 0 Å². The molecule has 5 heteroatoms. The Kier molecular flexibility index (Phi) is 3.75. The van der Waals surface area contributed by atoms with E-state index in [4.69, 9.17) is 4.42 Å². The number of oxazole rings is 1. The van der Waals surface area contributed by atoms with Crippen molar-refractivity contribution in [1.29, 1.82) is 0 Å². The van der Waals surface area contributed by atoms with Crippen LogP contribution in [0.3, 0.4) is 0 Å². The Labute approximate surface area is 122 Å². The van der Waals surface area contributed by atoms with Crippen molar-refractivity contribution in [1.82, 2.24) is 9.88 Å². The highest BCUT2D eigenvalue weighted by Gasteiger charge is 2.26. The molecule has 0 bridgehead atoms. The number of amides is 1. The van der Waals surface area contributed by atoms with Gasteiger partial charge in [-0.1, -0.05) is 19.1 Å². The van der Waals surface area contributed by atoms with Crippen molar-refractivity contribution in [2.75, 3.05) is 13.1 Å². The lowest BCUT2D eigenvalue weighted by Gasteiger charge is -2.33. The van der Waals surface area contributed by atoms with Gasteiger partial charge in [0, 0.05) is 25.2 Å². The second-order valence-electron chi connectivity index (χ2n) is 5.47. The summed E-state index contributed by atoms with van der Waals surface area (Å²) < 4.78 is 5.54. The molecule has 1 aliphatic heterocycles. The van der Waals surface area contributed by atoms with E-state index in [1.807, 2.05) is 31.2 Å². The predicted molar refractivity (Wildman–Crippen MR) is 79.4 cm³/mol. The Morgan fingerprint density at radius 3 is 3.05 bits per heavy atom. The van der Waals surface area contributed by atoms with Gasteiger partial charge in [-0.15, -0.1) is 0 Å². The first-order valence-corrected chi connectivity index (χ1v) is 7.14. The first-order chi connectivity index (χ1) is 10.1. The monoisotopic (exact) mass is 286 g/mol. The van der Waals surface area contributed by atoms with E-state index in [1.54, 1.807) is 11.0 Å². The second-order valence-corrected chi connectivity index (χ2v) is 5.47. The fourth-order valence-corrected chi connectivity index (χ4v) is 2.54. The number of hydrogen-bond acceptors (Lipinski definition) is 4. The maximum Gasteiger partial charge on any atom is 0.246 e. The Bertz CT molecular complexity index is 644. The van der Waals surface area contributed by atoms with Crippen LogP contribution in [0.15, 0.2) is 34.8 Å². The van der Waals surface area contributed by atoms with Crippen molar-refractivity contribution in [2.45, 2.75) is 19.4 Å². The number of aliphatic hydroxyl groups excluding tert-OH is 1. The number of hydrogen-bond donors (Lipinski definition) is 1. The molecule has 2 atom stereocenters. The van der Waals surface area contributed by atoms with Crippen molar-refractivity contribution in [3.63, 3.8) is 0 Å². The molecular formula is C16H18N2O3. The Morgan fingerprint density at radius 1 is 1.48 bits per heavy atom. The van der Waals surface area contributed by atoms with E-state index in [-0.39, 0.29) is 17.9 Å². The summed E-state index contributed by atoms with van der Waals surface area (Å²) in [6.45, 7) is 3.12. The smallest absolute Gasteiger partial charge is 0.246 e. The maximum atomic E-state index is 12.1. The standard InChI is InChI=1S/C16H18N2O3/c1-11-10-18(9-8-13(11)19)16(20)7-6-15-17-12-4-2-3-5-14(12)21-15/h2-7,11,13,19H,8-10H2,1H3/b7-6+. The Hall–Kier alpha value is -2.14. The van der Waals surface area contributed by atoms with Gasteiger partial charge in [0.1, 0.15) is 5.52 Å².